The molecule has 2 heterocycles. The lowest BCUT2D eigenvalue weighted by molar-refractivity contribution is -0.134. The van der Waals surface area contributed by atoms with Crippen LogP contribution in [0.2, 0.25) is 0 Å². The molecule has 2 atom stereocenters. The maximum Gasteiger partial charge on any atom is 0.253 e. The number of hydrogen-bond donors (Lipinski definition) is 0. The van der Waals surface area contributed by atoms with Gasteiger partial charge in [-0.15, -0.1) is 0 Å². The van der Waals surface area contributed by atoms with Crippen LogP contribution in [-0.4, -0.2) is 54.6 Å². The number of amides is 2. The fourth-order valence-corrected chi connectivity index (χ4v) is 4.40. The van der Waals surface area contributed by atoms with Gasteiger partial charge in [0.15, 0.2) is 11.5 Å². The van der Waals surface area contributed by atoms with Crippen LogP contribution in [0, 0.1) is 19.8 Å². The number of nitrogens with zero attached hydrogens (tertiary/aromatic N) is 2. The topological polar surface area (TPSA) is 59.1 Å². The number of carbonyl (C=O) groups is 2. The lowest BCUT2D eigenvalue weighted by Gasteiger charge is -2.35. The summed E-state index contributed by atoms with van der Waals surface area (Å²) in [6, 6.07) is 11.8. The molecule has 2 aromatic carbocycles. The molecule has 2 amide bonds. The molecule has 30 heavy (non-hydrogen) atoms. The molecule has 156 valence electrons. The quantitative estimate of drug-likeness (QED) is 0.786. The second kappa shape index (κ2) is 7.35. The van der Waals surface area contributed by atoms with Crippen LogP contribution < -0.4 is 9.47 Å². The Labute approximate surface area is 176 Å². The molecule has 6 nitrogen and oxygen atoms in total. The van der Waals surface area contributed by atoms with E-state index in [0.29, 0.717) is 26.2 Å². The van der Waals surface area contributed by atoms with Gasteiger partial charge in [0.1, 0.15) is 0 Å². The number of fused-ring (bicyclic) bond motifs is 1. The number of hydrogen-bond acceptors (Lipinski definition) is 4. The van der Waals surface area contributed by atoms with Gasteiger partial charge in [-0.25, -0.2) is 0 Å². The maximum atomic E-state index is 13.0. The van der Waals surface area contributed by atoms with Crippen LogP contribution in [0.5, 0.6) is 11.5 Å². The van der Waals surface area contributed by atoms with Crippen molar-refractivity contribution in [1.29, 1.82) is 0 Å². The van der Waals surface area contributed by atoms with Crippen LogP contribution in [-0.2, 0) is 4.79 Å². The highest BCUT2D eigenvalue weighted by Crippen LogP contribution is 2.50. The lowest BCUT2D eigenvalue weighted by atomic mass is 10.1. The predicted octanol–water partition coefficient (Wildman–Crippen LogP) is 3.12. The summed E-state index contributed by atoms with van der Waals surface area (Å²) in [6.45, 7) is 6.69. The van der Waals surface area contributed by atoms with Crippen LogP contribution >= 0.6 is 0 Å². The first-order valence-electron chi connectivity index (χ1n) is 10.6. The molecule has 0 bridgehead atoms. The van der Waals surface area contributed by atoms with Gasteiger partial charge < -0.3 is 19.3 Å². The molecule has 3 aliphatic rings. The second-order valence-corrected chi connectivity index (χ2v) is 8.48. The Hall–Kier alpha value is -3.02. The van der Waals surface area contributed by atoms with Crippen LogP contribution in [0.25, 0.3) is 0 Å². The average molecular weight is 406 g/mol. The van der Waals surface area contributed by atoms with Crippen LogP contribution in [0.1, 0.15) is 39.4 Å². The van der Waals surface area contributed by atoms with Crippen molar-refractivity contribution < 1.29 is 19.1 Å². The molecule has 2 fully saturated rings. The Morgan fingerprint density at radius 3 is 2.37 bits per heavy atom. The van der Waals surface area contributed by atoms with Crippen molar-refractivity contribution in [3.8, 4) is 11.5 Å². The van der Waals surface area contributed by atoms with E-state index in [1.807, 2.05) is 60.0 Å². The van der Waals surface area contributed by atoms with Crippen molar-refractivity contribution in [3.05, 3.63) is 58.7 Å². The minimum atomic E-state index is 0.0346. The Bertz CT molecular complexity index is 1010. The zero-order valence-electron chi connectivity index (χ0n) is 17.4. The monoisotopic (exact) mass is 406 g/mol. The van der Waals surface area contributed by atoms with Gasteiger partial charge in [-0.2, -0.15) is 0 Å². The summed E-state index contributed by atoms with van der Waals surface area (Å²) < 4.78 is 10.8. The van der Waals surface area contributed by atoms with E-state index in [4.69, 9.17) is 9.47 Å². The van der Waals surface area contributed by atoms with Crippen molar-refractivity contribution in [2.24, 2.45) is 5.92 Å². The van der Waals surface area contributed by atoms with E-state index in [9.17, 15) is 9.59 Å². The van der Waals surface area contributed by atoms with Gasteiger partial charge in [0.25, 0.3) is 5.91 Å². The minimum Gasteiger partial charge on any atom is -0.454 e. The molecular formula is C24H26N2O4. The van der Waals surface area contributed by atoms with Gasteiger partial charge in [0.05, 0.1) is 0 Å². The maximum absolute atomic E-state index is 13.0. The third-order valence-electron chi connectivity index (χ3n) is 6.56. The molecular weight excluding hydrogens is 380 g/mol. The minimum absolute atomic E-state index is 0.0346. The Kier molecular flexibility index (Phi) is 4.65. The number of benzene rings is 2. The number of rotatable bonds is 3. The molecule has 2 aromatic rings. The zero-order valence-corrected chi connectivity index (χ0v) is 17.4. The molecule has 5 rings (SSSR count). The second-order valence-electron chi connectivity index (χ2n) is 8.48. The van der Waals surface area contributed by atoms with Gasteiger partial charge in [-0.1, -0.05) is 12.1 Å². The van der Waals surface area contributed by atoms with E-state index in [-0.39, 0.29) is 30.4 Å². The summed E-state index contributed by atoms with van der Waals surface area (Å²) in [5, 5.41) is 0. The molecule has 0 aromatic heterocycles. The number of ether oxygens (including phenoxy) is 2. The molecule has 2 aliphatic heterocycles. The largest absolute Gasteiger partial charge is 0.454 e. The number of piperazine rings is 1. The van der Waals surface area contributed by atoms with Crippen LogP contribution in [0.3, 0.4) is 0 Å². The first kappa shape index (κ1) is 19.0. The van der Waals surface area contributed by atoms with Crippen molar-refractivity contribution in [1.82, 2.24) is 9.80 Å². The molecule has 0 N–H and O–H groups in total. The summed E-state index contributed by atoms with van der Waals surface area (Å²) in [6.07, 6.45) is 0.875. The summed E-state index contributed by atoms with van der Waals surface area (Å²) in [5.41, 5.74) is 4.17. The summed E-state index contributed by atoms with van der Waals surface area (Å²) in [7, 11) is 0. The van der Waals surface area contributed by atoms with E-state index >= 15 is 0 Å². The summed E-state index contributed by atoms with van der Waals surface area (Å²) in [5.74, 6) is 2.08. The Morgan fingerprint density at radius 2 is 1.60 bits per heavy atom. The fourth-order valence-electron chi connectivity index (χ4n) is 4.40. The first-order valence-corrected chi connectivity index (χ1v) is 10.6. The normalized spacial score (nSPS) is 22.2. The third-order valence-corrected chi connectivity index (χ3v) is 6.56. The molecule has 1 aliphatic carbocycles. The van der Waals surface area contributed by atoms with Crippen LogP contribution in [0.4, 0.5) is 0 Å². The number of aryl methyl sites for hydroxylation is 2. The predicted molar refractivity (Wildman–Crippen MR) is 112 cm³/mol. The van der Waals surface area contributed by atoms with E-state index in [2.05, 4.69) is 0 Å². The van der Waals surface area contributed by atoms with Gasteiger partial charge >= 0.3 is 0 Å². The van der Waals surface area contributed by atoms with Crippen molar-refractivity contribution >= 4 is 11.8 Å². The van der Waals surface area contributed by atoms with Gasteiger partial charge in [-0.3, -0.25) is 9.59 Å². The van der Waals surface area contributed by atoms with Crippen LogP contribution in [0.15, 0.2) is 36.4 Å². The summed E-state index contributed by atoms with van der Waals surface area (Å²) in [4.78, 5) is 29.6. The fraction of sp³-hybridized carbons (Fsp3) is 0.417. The van der Waals surface area contributed by atoms with Gasteiger partial charge in [0.2, 0.25) is 12.7 Å². The highest BCUT2D eigenvalue weighted by molar-refractivity contribution is 5.94. The van der Waals surface area contributed by atoms with Gasteiger partial charge in [0, 0.05) is 37.7 Å². The molecule has 0 spiro atoms. The third kappa shape index (κ3) is 3.40. The zero-order chi connectivity index (χ0) is 20.8. The smallest absolute Gasteiger partial charge is 0.253 e. The molecule has 6 heteroatoms. The highest BCUT2D eigenvalue weighted by atomic mass is 16.7. The van der Waals surface area contributed by atoms with E-state index in [1.54, 1.807) is 0 Å². The average Bonchev–Trinajstić information content (AvgIpc) is 3.43. The molecule has 1 saturated carbocycles. The van der Waals surface area contributed by atoms with E-state index < -0.39 is 0 Å². The molecule has 0 radical (unpaired) electrons. The first-order chi connectivity index (χ1) is 14.5. The summed E-state index contributed by atoms with van der Waals surface area (Å²) >= 11 is 0. The van der Waals surface area contributed by atoms with Crippen molar-refractivity contribution in [2.45, 2.75) is 26.2 Å². The van der Waals surface area contributed by atoms with E-state index in [0.717, 1.165) is 34.6 Å². The standard InChI is InChI=1S/C24H26N2O4/c1-15-3-4-18(11-16(15)2)23(27)25-7-9-26(10-8-25)24(28)20-13-19(20)17-5-6-21-22(12-17)30-14-29-21/h3-6,11-12,19-20H,7-10,13-14H2,1-2H3. The Morgan fingerprint density at radius 1 is 0.867 bits per heavy atom. The van der Waals surface area contributed by atoms with Gasteiger partial charge in [-0.05, 0) is 67.1 Å². The van der Waals surface area contributed by atoms with Crippen molar-refractivity contribution in [3.63, 3.8) is 0 Å². The molecule has 2 unspecified atom stereocenters. The molecule has 1 saturated heterocycles. The van der Waals surface area contributed by atoms with Crippen molar-refractivity contribution in [2.75, 3.05) is 33.0 Å². The Balaban J connectivity index is 1.17. The van der Waals surface area contributed by atoms with E-state index in [1.165, 1.54) is 5.56 Å². The lowest BCUT2D eigenvalue weighted by Crippen LogP contribution is -2.51. The highest BCUT2D eigenvalue weighted by Gasteiger charge is 2.46. The SMILES string of the molecule is Cc1ccc(C(=O)N2CCN(C(=O)C3CC3c3ccc4c(c3)OCO4)CC2)cc1C. The number of carbonyl (C=O) groups excluding carboxylic acids is 2.